The molecule has 0 aromatic heterocycles. The molecule has 0 aliphatic heterocycles. The van der Waals surface area contributed by atoms with Gasteiger partial charge < -0.3 is 10.4 Å². The third kappa shape index (κ3) is 1.96. The molecule has 60 valence electrons. The molecule has 1 fully saturated rings. The van der Waals surface area contributed by atoms with Gasteiger partial charge in [0.1, 0.15) is 0 Å². The van der Waals surface area contributed by atoms with Crippen LogP contribution < -0.4 is 5.32 Å². The summed E-state index contributed by atoms with van der Waals surface area (Å²) in [4.78, 5) is 0. The number of aliphatic hydroxyl groups is 1. The molecular formula is C8H17NO. The summed E-state index contributed by atoms with van der Waals surface area (Å²) >= 11 is 0. The van der Waals surface area contributed by atoms with Crippen molar-refractivity contribution in [2.24, 2.45) is 0 Å². The largest absolute Gasteiger partial charge is 0.390 e. The van der Waals surface area contributed by atoms with E-state index in [0.29, 0.717) is 0 Å². The summed E-state index contributed by atoms with van der Waals surface area (Å²) in [6.45, 7) is 0.941. The Morgan fingerprint density at radius 3 is 2.50 bits per heavy atom. The van der Waals surface area contributed by atoms with E-state index >= 15 is 0 Å². The zero-order chi connectivity index (χ0) is 7.45. The van der Waals surface area contributed by atoms with E-state index in [9.17, 15) is 5.11 Å². The van der Waals surface area contributed by atoms with Crippen LogP contribution in [0.25, 0.3) is 0 Å². The van der Waals surface area contributed by atoms with Crippen LogP contribution in [0.1, 0.15) is 32.1 Å². The van der Waals surface area contributed by atoms with Gasteiger partial charge in [-0.15, -0.1) is 0 Å². The minimum absolute atomic E-state index is 0.316. The molecule has 0 atom stereocenters. The average Bonchev–Trinajstić information content (AvgIpc) is 2.33. The maximum absolute atomic E-state index is 9.78. The summed E-state index contributed by atoms with van der Waals surface area (Å²) in [6.07, 6.45) is 5.35. The van der Waals surface area contributed by atoms with Gasteiger partial charge >= 0.3 is 0 Å². The molecule has 1 aliphatic rings. The van der Waals surface area contributed by atoms with Gasteiger partial charge in [-0.1, -0.05) is 12.8 Å². The lowest BCUT2D eigenvalue weighted by molar-refractivity contribution is 0.0396. The van der Waals surface area contributed by atoms with Crippen LogP contribution in [-0.2, 0) is 0 Å². The molecule has 0 amide bonds. The van der Waals surface area contributed by atoms with E-state index in [1.54, 1.807) is 0 Å². The Morgan fingerprint density at radius 1 is 1.40 bits per heavy atom. The number of rotatable bonds is 3. The monoisotopic (exact) mass is 143 g/mol. The molecule has 2 nitrogen and oxygen atoms in total. The molecule has 1 saturated carbocycles. The van der Waals surface area contributed by atoms with E-state index < -0.39 is 0 Å². The summed E-state index contributed by atoms with van der Waals surface area (Å²) in [5.74, 6) is 0. The van der Waals surface area contributed by atoms with Crippen LogP contribution in [0.3, 0.4) is 0 Å². The molecule has 0 aromatic rings. The summed E-state index contributed by atoms with van der Waals surface area (Å²) in [5.41, 5.74) is -0.316. The number of nitrogens with one attached hydrogen (secondary N) is 1. The van der Waals surface area contributed by atoms with Crippen LogP contribution in [0, 0.1) is 0 Å². The predicted octanol–water partition coefficient (Wildman–Crippen LogP) is 0.901. The zero-order valence-corrected chi connectivity index (χ0v) is 6.69. The molecule has 2 heteroatoms. The van der Waals surface area contributed by atoms with Gasteiger partial charge in [0.15, 0.2) is 0 Å². The number of hydrogen-bond donors (Lipinski definition) is 2. The molecule has 2 N–H and O–H groups in total. The van der Waals surface area contributed by atoms with Crippen molar-refractivity contribution in [1.82, 2.24) is 5.32 Å². The molecule has 0 heterocycles. The van der Waals surface area contributed by atoms with Crippen molar-refractivity contribution in [2.45, 2.75) is 37.7 Å². The van der Waals surface area contributed by atoms with E-state index in [1.807, 2.05) is 7.05 Å². The highest BCUT2D eigenvalue weighted by Crippen LogP contribution is 2.31. The Bertz CT molecular complexity index is 97.4. The van der Waals surface area contributed by atoms with E-state index in [-0.39, 0.29) is 5.60 Å². The van der Waals surface area contributed by atoms with Gasteiger partial charge in [0.05, 0.1) is 5.60 Å². The average molecular weight is 143 g/mol. The molecule has 0 radical (unpaired) electrons. The second-order valence-corrected chi connectivity index (χ2v) is 3.29. The van der Waals surface area contributed by atoms with Crippen molar-refractivity contribution >= 4 is 0 Å². The van der Waals surface area contributed by atoms with Crippen molar-refractivity contribution in [2.75, 3.05) is 13.6 Å². The van der Waals surface area contributed by atoms with Gasteiger partial charge in [0.25, 0.3) is 0 Å². The third-order valence-electron chi connectivity index (χ3n) is 2.37. The molecule has 0 aromatic carbocycles. The maximum Gasteiger partial charge on any atom is 0.0659 e. The normalized spacial score (nSPS) is 23.4. The van der Waals surface area contributed by atoms with Gasteiger partial charge in [-0.05, 0) is 32.9 Å². The highest BCUT2D eigenvalue weighted by atomic mass is 16.3. The first-order valence-electron chi connectivity index (χ1n) is 4.14. The van der Waals surface area contributed by atoms with Crippen LogP contribution >= 0.6 is 0 Å². The smallest absolute Gasteiger partial charge is 0.0659 e. The minimum Gasteiger partial charge on any atom is -0.390 e. The Kier molecular flexibility index (Phi) is 2.69. The Labute approximate surface area is 62.6 Å². The van der Waals surface area contributed by atoms with Crippen LogP contribution in [0.2, 0.25) is 0 Å². The molecule has 1 aliphatic carbocycles. The standard InChI is InChI=1S/C8H17NO/c1-9-7-6-8(10)4-2-3-5-8/h9-10H,2-7H2,1H3. The van der Waals surface area contributed by atoms with Gasteiger partial charge in [-0.25, -0.2) is 0 Å². The van der Waals surface area contributed by atoms with E-state index in [2.05, 4.69) is 5.32 Å². The van der Waals surface area contributed by atoms with Gasteiger partial charge in [0, 0.05) is 0 Å². The summed E-state index contributed by atoms with van der Waals surface area (Å²) in [5, 5.41) is 12.8. The van der Waals surface area contributed by atoms with Crippen LogP contribution in [-0.4, -0.2) is 24.3 Å². The van der Waals surface area contributed by atoms with Crippen molar-refractivity contribution in [1.29, 1.82) is 0 Å². The fraction of sp³-hybridized carbons (Fsp3) is 1.00. The lowest BCUT2D eigenvalue weighted by atomic mass is 9.98. The van der Waals surface area contributed by atoms with Crippen molar-refractivity contribution in [3.63, 3.8) is 0 Å². The molecule has 0 spiro atoms. The second-order valence-electron chi connectivity index (χ2n) is 3.29. The molecule has 1 rings (SSSR count). The topological polar surface area (TPSA) is 32.3 Å². The highest BCUT2D eigenvalue weighted by molar-refractivity contribution is 4.84. The molecular weight excluding hydrogens is 126 g/mol. The second kappa shape index (κ2) is 3.35. The number of hydrogen-bond acceptors (Lipinski definition) is 2. The van der Waals surface area contributed by atoms with Crippen LogP contribution in [0.4, 0.5) is 0 Å². The molecule has 0 saturated heterocycles. The third-order valence-corrected chi connectivity index (χ3v) is 2.37. The lowest BCUT2D eigenvalue weighted by Gasteiger charge is -2.21. The van der Waals surface area contributed by atoms with E-state index in [4.69, 9.17) is 0 Å². The fourth-order valence-corrected chi connectivity index (χ4v) is 1.64. The first kappa shape index (κ1) is 8.02. The lowest BCUT2D eigenvalue weighted by Crippen LogP contribution is -2.28. The van der Waals surface area contributed by atoms with Gasteiger partial charge in [-0.2, -0.15) is 0 Å². The summed E-state index contributed by atoms with van der Waals surface area (Å²) in [7, 11) is 1.93. The first-order valence-corrected chi connectivity index (χ1v) is 4.14. The molecule has 0 unspecified atom stereocenters. The Morgan fingerprint density at radius 2 is 2.00 bits per heavy atom. The Hall–Kier alpha value is -0.0800. The summed E-state index contributed by atoms with van der Waals surface area (Å²) < 4.78 is 0. The first-order chi connectivity index (χ1) is 4.77. The van der Waals surface area contributed by atoms with Crippen LogP contribution in [0.5, 0.6) is 0 Å². The molecule has 0 bridgehead atoms. The SMILES string of the molecule is CNCCC1(O)CCCC1. The van der Waals surface area contributed by atoms with Crippen molar-refractivity contribution in [3.05, 3.63) is 0 Å². The predicted molar refractivity (Wildman–Crippen MR) is 42.0 cm³/mol. The summed E-state index contributed by atoms with van der Waals surface area (Å²) in [6, 6.07) is 0. The van der Waals surface area contributed by atoms with Gasteiger partial charge in [-0.3, -0.25) is 0 Å². The van der Waals surface area contributed by atoms with Gasteiger partial charge in [0.2, 0.25) is 0 Å². The van der Waals surface area contributed by atoms with E-state index in [0.717, 1.165) is 25.8 Å². The fourth-order valence-electron chi connectivity index (χ4n) is 1.64. The maximum atomic E-state index is 9.78. The molecule has 10 heavy (non-hydrogen) atoms. The Balaban J connectivity index is 2.22. The minimum atomic E-state index is -0.316. The van der Waals surface area contributed by atoms with Crippen molar-refractivity contribution in [3.8, 4) is 0 Å². The van der Waals surface area contributed by atoms with Crippen LogP contribution in [0.15, 0.2) is 0 Å². The van der Waals surface area contributed by atoms with Crippen molar-refractivity contribution < 1.29 is 5.11 Å². The zero-order valence-electron chi connectivity index (χ0n) is 6.69. The highest BCUT2D eigenvalue weighted by Gasteiger charge is 2.29. The quantitative estimate of drug-likeness (QED) is 0.615. The van der Waals surface area contributed by atoms with E-state index in [1.165, 1.54) is 12.8 Å².